The zero-order valence-electron chi connectivity index (χ0n) is 13.6. The minimum atomic E-state index is -0.942. The summed E-state index contributed by atoms with van der Waals surface area (Å²) >= 11 is 0. The molecule has 2 aliphatic rings. The highest BCUT2D eigenvalue weighted by atomic mass is 19.2. The predicted molar refractivity (Wildman–Crippen MR) is 86.3 cm³/mol. The number of halogens is 2. The third kappa shape index (κ3) is 3.73. The lowest BCUT2D eigenvalue weighted by Gasteiger charge is -2.41. The molecule has 0 aromatic heterocycles. The predicted octanol–water partition coefficient (Wildman–Crippen LogP) is 5.07. The molecule has 2 saturated carbocycles. The smallest absolute Gasteiger partial charge is 0.254 e. The van der Waals surface area contributed by atoms with E-state index in [0.717, 1.165) is 63.5 Å². The average molecular weight is 321 g/mol. The highest BCUT2D eigenvalue weighted by molar-refractivity contribution is 5.94. The Bertz CT molecular complexity index is 530. The van der Waals surface area contributed by atoms with Crippen LogP contribution in [0, 0.1) is 11.6 Å². The summed E-state index contributed by atoms with van der Waals surface area (Å²) in [5.41, 5.74) is 0.278. The van der Waals surface area contributed by atoms with Gasteiger partial charge < -0.3 is 4.90 Å². The molecule has 23 heavy (non-hydrogen) atoms. The van der Waals surface area contributed by atoms with Gasteiger partial charge in [0.05, 0.1) is 0 Å². The SMILES string of the molecule is O=C(c1ccc(F)c(F)c1)N(C1CCCCC1)C1CCCCC1. The second-order valence-electron chi connectivity index (χ2n) is 6.92. The molecule has 0 heterocycles. The van der Waals surface area contributed by atoms with Crippen molar-refractivity contribution in [1.29, 1.82) is 0 Å². The molecule has 0 bridgehead atoms. The van der Waals surface area contributed by atoms with Gasteiger partial charge in [0.15, 0.2) is 11.6 Å². The number of benzene rings is 1. The fourth-order valence-electron chi connectivity index (χ4n) is 4.13. The van der Waals surface area contributed by atoms with Crippen LogP contribution in [0.15, 0.2) is 18.2 Å². The maximum atomic E-state index is 13.5. The van der Waals surface area contributed by atoms with Crippen LogP contribution < -0.4 is 0 Å². The topological polar surface area (TPSA) is 20.3 Å². The second-order valence-corrected chi connectivity index (χ2v) is 6.92. The fraction of sp³-hybridized carbons (Fsp3) is 0.632. The number of hydrogen-bond acceptors (Lipinski definition) is 1. The number of carbonyl (C=O) groups excluding carboxylic acids is 1. The Morgan fingerprint density at radius 3 is 1.83 bits per heavy atom. The van der Waals surface area contributed by atoms with Crippen LogP contribution in [0.3, 0.4) is 0 Å². The first-order valence-corrected chi connectivity index (χ1v) is 8.94. The van der Waals surface area contributed by atoms with Crippen molar-refractivity contribution < 1.29 is 13.6 Å². The summed E-state index contributed by atoms with van der Waals surface area (Å²) in [6, 6.07) is 4.04. The largest absolute Gasteiger partial charge is 0.333 e. The number of rotatable bonds is 3. The summed E-state index contributed by atoms with van der Waals surface area (Å²) in [7, 11) is 0. The molecule has 3 rings (SSSR count). The quantitative estimate of drug-likeness (QED) is 0.761. The maximum Gasteiger partial charge on any atom is 0.254 e. The Hall–Kier alpha value is -1.45. The van der Waals surface area contributed by atoms with Crippen LogP contribution in [0.25, 0.3) is 0 Å². The van der Waals surface area contributed by atoms with E-state index < -0.39 is 11.6 Å². The van der Waals surface area contributed by atoms with Crippen LogP contribution in [-0.2, 0) is 0 Å². The van der Waals surface area contributed by atoms with E-state index in [-0.39, 0.29) is 23.6 Å². The van der Waals surface area contributed by atoms with Crippen molar-refractivity contribution in [2.75, 3.05) is 0 Å². The highest BCUT2D eigenvalue weighted by Crippen LogP contribution is 2.31. The summed E-state index contributed by atoms with van der Waals surface area (Å²) in [6.45, 7) is 0. The molecular formula is C19H25F2NO. The Kier molecular flexibility index (Phi) is 5.29. The lowest BCUT2D eigenvalue weighted by atomic mass is 9.88. The standard InChI is InChI=1S/C19H25F2NO/c20-17-12-11-14(13-18(17)21)19(23)22(15-7-3-1-4-8-15)16-9-5-2-6-10-16/h11-13,15-16H,1-10H2. The summed E-state index contributed by atoms with van der Waals surface area (Å²) in [5, 5.41) is 0. The molecule has 1 aromatic rings. The van der Waals surface area contributed by atoms with Crippen molar-refractivity contribution in [3.05, 3.63) is 35.4 Å². The van der Waals surface area contributed by atoms with E-state index in [2.05, 4.69) is 0 Å². The lowest BCUT2D eigenvalue weighted by Crippen LogP contribution is -2.48. The number of hydrogen-bond donors (Lipinski definition) is 0. The van der Waals surface area contributed by atoms with Crippen LogP contribution in [0.2, 0.25) is 0 Å². The Morgan fingerprint density at radius 2 is 1.35 bits per heavy atom. The fourth-order valence-corrected chi connectivity index (χ4v) is 4.13. The van der Waals surface area contributed by atoms with E-state index in [1.165, 1.54) is 18.9 Å². The molecule has 0 N–H and O–H groups in total. The van der Waals surface area contributed by atoms with Crippen LogP contribution in [0.5, 0.6) is 0 Å². The monoisotopic (exact) mass is 321 g/mol. The van der Waals surface area contributed by atoms with Gasteiger partial charge in [0.25, 0.3) is 5.91 Å². The summed E-state index contributed by atoms with van der Waals surface area (Å²) < 4.78 is 26.7. The number of nitrogens with zero attached hydrogens (tertiary/aromatic N) is 1. The van der Waals surface area contributed by atoms with Crippen molar-refractivity contribution in [3.63, 3.8) is 0 Å². The molecule has 0 saturated heterocycles. The van der Waals surface area contributed by atoms with Crippen LogP contribution in [0.1, 0.15) is 74.6 Å². The van der Waals surface area contributed by atoms with Crippen molar-refractivity contribution in [3.8, 4) is 0 Å². The number of amides is 1. The average Bonchev–Trinajstić information content (AvgIpc) is 2.59. The van der Waals surface area contributed by atoms with E-state index in [1.807, 2.05) is 4.90 Å². The second kappa shape index (κ2) is 7.41. The molecule has 0 spiro atoms. The van der Waals surface area contributed by atoms with Crippen molar-refractivity contribution in [2.24, 2.45) is 0 Å². The van der Waals surface area contributed by atoms with Crippen molar-refractivity contribution >= 4 is 5.91 Å². The van der Waals surface area contributed by atoms with Gasteiger partial charge in [-0.1, -0.05) is 38.5 Å². The van der Waals surface area contributed by atoms with Crippen molar-refractivity contribution in [1.82, 2.24) is 4.90 Å². The van der Waals surface area contributed by atoms with Gasteiger partial charge in [-0.25, -0.2) is 8.78 Å². The third-order valence-corrected chi connectivity index (χ3v) is 5.34. The normalized spacial score (nSPS) is 20.4. The molecule has 0 atom stereocenters. The summed E-state index contributed by atoms with van der Waals surface area (Å²) in [5.74, 6) is -1.96. The summed E-state index contributed by atoms with van der Waals surface area (Å²) in [4.78, 5) is 15.1. The highest BCUT2D eigenvalue weighted by Gasteiger charge is 2.33. The maximum absolute atomic E-state index is 13.5. The van der Waals surface area contributed by atoms with Gasteiger partial charge in [0.1, 0.15) is 0 Å². The first kappa shape index (κ1) is 16.4. The van der Waals surface area contributed by atoms with E-state index in [9.17, 15) is 13.6 Å². The third-order valence-electron chi connectivity index (χ3n) is 5.34. The molecule has 2 aliphatic carbocycles. The van der Waals surface area contributed by atoms with E-state index in [0.29, 0.717) is 0 Å². The molecule has 2 nitrogen and oxygen atoms in total. The molecule has 1 aromatic carbocycles. The van der Waals surface area contributed by atoms with Gasteiger partial charge in [0, 0.05) is 17.6 Å². The van der Waals surface area contributed by atoms with Gasteiger partial charge >= 0.3 is 0 Å². The van der Waals surface area contributed by atoms with Gasteiger partial charge in [-0.05, 0) is 43.9 Å². The number of carbonyl (C=O) groups is 1. The first-order chi connectivity index (χ1) is 11.2. The van der Waals surface area contributed by atoms with Crippen LogP contribution >= 0.6 is 0 Å². The van der Waals surface area contributed by atoms with Gasteiger partial charge in [-0.3, -0.25) is 4.79 Å². The first-order valence-electron chi connectivity index (χ1n) is 8.94. The molecular weight excluding hydrogens is 296 g/mol. The van der Waals surface area contributed by atoms with Crippen LogP contribution in [0.4, 0.5) is 8.78 Å². The molecule has 2 fully saturated rings. The summed E-state index contributed by atoms with van der Waals surface area (Å²) in [6.07, 6.45) is 11.2. The van der Waals surface area contributed by atoms with Gasteiger partial charge in [-0.2, -0.15) is 0 Å². The molecule has 1 amide bonds. The van der Waals surface area contributed by atoms with Crippen LogP contribution in [-0.4, -0.2) is 22.9 Å². The van der Waals surface area contributed by atoms with E-state index >= 15 is 0 Å². The zero-order chi connectivity index (χ0) is 16.2. The molecule has 126 valence electrons. The Balaban J connectivity index is 1.86. The van der Waals surface area contributed by atoms with Gasteiger partial charge in [-0.15, -0.1) is 0 Å². The minimum absolute atomic E-state index is 0.122. The lowest BCUT2D eigenvalue weighted by molar-refractivity contribution is 0.0448. The molecule has 0 radical (unpaired) electrons. The van der Waals surface area contributed by atoms with Gasteiger partial charge in [0.2, 0.25) is 0 Å². The molecule has 4 heteroatoms. The van der Waals surface area contributed by atoms with Crippen molar-refractivity contribution in [2.45, 2.75) is 76.3 Å². The minimum Gasteiger partial charge on any atom is -0.333 e. The van der Waals surface area contributed by atoms with E-state index in [4.69, 9.17) is 0 Å². The molecule has 0 unspecified atom stereocenters. The molecule has 0 aliphatic heterocycles. The Labute approximate surface area is 136 Å². The zero-order valence-corrected chi connectivity index (χ0v) is 13.6. The van der Waals surface area contributed by atoms with E-state index in [1.54, 1.807) is 0 Å². The Morgan fingerprint density at radius 1 is 0.826 bits per heavy atom.